The number of benzene rings is 1. The molecule has 3 rings (SSSR count). The van der Waals surface area contributed by atoms with E-state index in [1.807, 2.05) is 44.2 Å². The molecule has 1 aromatic carbocycles. The maximum atomic E-state index is 12.1. The number of nitrogens with one attached hydrogen (secondary N) is 1. The van der Waals surface area contributed by atoms with Gasteiger partial charge in [-0.2, -0.15) is 9.78 Å². The second kappa shape index (κ2) is 5.85. The van der Waals surface area contributed by atoms with Crippen molar-refractivity contribution in [3.8, 4) is 22.7 Å². The number of carbonyl (C=O) groups excluding carboxylic acids is 1. The normalized spacial score (nSPS) is 10.9. The fourth-order valence-electron chi connectivity index (χ4n) is 2.10. The lowest BCUT2D eigenvalue weighted by Gasteiger charge is -2.09. The molecule has 0 spiro atoms. The second-order valence-electron chi connectivity index (χ2n) is 5.17. The molecule has 22 heavy (non-hydrogen) atoms. The SMILES string of the molecule is CC(C)NC(=O)n1nccc1-c1cc(-c2ccccc2)no1. The van der Waals surface area contributed by atoms with E-state index in [4.69, 9.17) is 4.52 Å². The highest BCUT2D eigenvalue weighted by molar-refractivity contribution is 5.81. The van der Waals surface area contributed by atoms with Crippen molar-refractivity contribution in [3.63, 3.8) is 0 Å². The van der Waals surface area contributed by atoms with E-state index in [0.29, 0.717) is 17.1 Å². The van der Waals surface area contributed by atoms with Gasteiger partial charge in [-0.05, 0) is 19.9 Å². The van der Waals surface area contributed by atoms with E-state index in [0.717, 1.165) is 5.56 Å². The van der Waals surface area contributed by atoms with Crippen LogP contribution in [0.1, 0.15) is 13.8 Å². The number of amides is 1. The lowest BCUT2D eigenvalue weighted by Crippen LogP contribution is -2.34. The van der Waals surface area contributed by atoms with Gasteiger partial charge in [0.25, 0.3) is 0 Å². The first-order valence-electron chi connectivity index (χ1n) is 7.02. The lowest BCUT2D eigenvalue weighted by atomic mass is 10.1. The average Bonchev–Trinajstić information content (AvgIpc) is 3.16. The molecule has 6 heteroatoms. The van der Waals surface area contributed by atoms with Gasteiger partial charge in [-0.15, -0.1) is 0 Å². The molecule has 1 N–H and O–H groups in total. The van der Waals surface area contributed by atoms with Gasteiger partial charge in [0.2, 0.25) is 0 Å². The van der Waals surface area contributed by atoms with Gasteiger partial charge in [-0.25, -0.2) is 4.79 Å². The molecule has 3 aromatic rings. The molecule has 0 saturated carbocycles. The molecular formula is C16H16N4O2. The average molecular weight is 296 g/mol. The van der Waals surface area contributed by atoms with Gasteiger partial charge in [0, 0.05) is 17.7 Å². The Morgan fingerprint density at radius 3 is 2.73 bits per heavy atom. The zero-order valence-electron chi connectivity index (χ0n) is 12.4. The maximum absolute atomic E-state index is 12.1. The van der Waals surface area contributed by atoms with Gasteiger partial charge >= 0.3 is 6.03 Å². The molecule has 0 aliphatic carbocycles. The van der Waals surface area contributed by atoms with Crippen molar-refractivity contribution in [1.82, 2.24) is 20.3 Å². The zero-order chi connectivity index (χ0) is 15.5. The predicted molar refractivity (Wildman–Crippen MR) is 82.2 cm³/mol. The number of aromatic nitrogens is 3. The molecule has 0 saturated heterocycles. The topological polar surface area (TPSA) is 73.0 Å². The first-order chi connectivity index (χ1) is 10.6. The molecule has 6 nitrogen and oxygen atoms in total. The summed E-state index contributed by atoms with van der Waals surface area (Å²) in [5, 5.41) is 10.9. The van der Waals surface area contributed by atoms with Crippen LogP contribution in [0.5, 0.6) is 0 Å². The van der Waals surface area contributed by atoms with Crippen LogP contribution in [0.2, 0.25) is 0 Å². The van der Waals surface area contributed by atoms with Gasteiger partial charge < -0.3 is 9.84 Å². The Balaban J connectivity index is 1.92. The molecule has 2 heterocycles. The van der Waals surface area contributed by atoms with E-state index >= 15 is 0 Å². The maximum Gasteiger partial charge on any atom is 0.342 e. The van der Waals surface area contributed by atoms with Crippen molar-refractivity contribution in [2.45, 2.75) is 19.9 Å². The van der Waals surface area contributed by atoms with Crippen molar-refractivity contribution in [3.05, 3.63) is 48.7 Å². The molecule has 0 aliphatic rings. The Kier molecular flexibility index (Phi) is 3.74. The Morgan fingerprint density at radius 1 is 1.23 bits per heavy atom. The molecule has 0 radical (unpaired) electrons. The van der Waals surface area contributed by atoms with Crippen molar-refractivity contribution in [2.24, 2.45) is 0 Å². The van der Waals surface area contributed by atoms with Crippen LogP contribution in [0.15, 0.2) is 53.2 Å². The van der Waals surface area contributed by atoms with Crippen molar-refractivity contribution >= 4 is 6.03 Å². The van der Waals surface area contributed by atoms with Crippen LogP contribution in [0.25, 0.3) is 22.7 Å². The van der Waals surface area contributed by atoms with Crippen LogP contribution in [0.4, 0.5) is 4.79 Å². The Hall–Kier alpha value is -2.89. The van der Waals surface area contributed by atoms with E-state index in [-0.39, 0.29) is 12.1 Å². The summed E-state index contributed by atoms with van der Waals surface area (Å²) in [7, 11) is 0. The number of hydrogen-bond acceptors (Lipinski definition) is 4. The van der Waals surface area contributed by atoms with E-state index in [1.54, 1.807) is 18.3 Å². The third kappa shape index (κ3) is 2.76. The molecule has 112 valence electrons. The number of rotatable bonds is 3. The number of nitrogens with zero attached hydrogens (tertiary/aromatic N) is 3. The summed E-state index contributed by atoms with van der Waals surface area (Å²) in [6.07, 6.45) is 1.56. The summed E-state index contributed by atoms with van der Waals surface area (Å²) >= 11 is 0. The quantitative estimate of drug-likeness (QED) is 0.805. The largest absolute Gasteiger partial charge is 0.354 e. The Morgan fingerprint density at radius 2 is 2.00 bits per heavy atom. The van der Waals surface area contributed by atoms with Gasteiger partial charge in [0.05, 0.1) is 6.20 Å². The predicted octanol–water partition coefficient (Wildman–Crippen LogP) is 3.17. The lowest BCUT2D eigenvalue weighted by molar-refractivity contribution is 0.237. The minimum absolute atomic E-state index is 0.0270. The highest BCUT2D eigenvalue weighted by atomic mass is 16.5. The van der Waals surface area contributed by atoms with Gasteiger partial charge in [-0.1, -0.05) is 35.5 Å². The highest BCUT2D eigenvalue weighted by Gasteiger charge is 2.17. The van der Waals surface area contributed by atoms with Crippen LogP contribution in [0.3, 0.4) is 0 Å². The summed E-state index contributed by atoms with van der Waals surface area (Å²) in [5.74, 6) is 0.496. The molecule has 0 aliphatic heterocycles. The number of carbonyl (C=O) groups is 1. The third-order valence-corrected chi connectivity index (χ3v) is 3.08. The highest BCUT2D eigenvalue weighted by Crippen LogP contribution is 2.25. The smallest absolute Gasteiger partial charge is 0.342 e. The minimum atomic E-state index is -0.298. The van der Waals surface area contributed by atoms with Crippen LogP contribution < -0.4 is 5.32 Å². The molecule has 1 amide bonds. The minimum Gasteiger partial charge on any atom is -0.354 e. The summed E-state index contributed by atoms with van der Waals surface area (Å²) in [4.78, 5) is 12.1. The third-order valence-electron chi connectivity index (χ3n) is 3.08. The molecule has 0 atom stereocenters. The monoisotopic (exact) mass is 296 g/mol. The standard InChI is InChI=1S/C16H16N4O2/c1-11(2)18-16(21)20-14(8-9-17-20)15-10-13(19-22-15)12-6-4-3-5-7-12/h3-11H,1-2H3,(H,18,21). The molecule has 0 bridgehead atoms. The van der Waals surface area contributed by atoms with Crippen molar-refractivity contribution < 1.29 is 9.32 Å². The fraction of sp³-hybridized carbons (Fsp3) is 0.188. The second-order valence-corrected chi connectivity index (χ2v) is 5.17. The van der Waals surface area contributed by atoms with Gasteiger partial charge in [-0.3, -0.25) is 0 Å². The van der Waals surface area contributed by atoms with Gasteiger partial charge in [0.15, 0.2) is 5.76 Å². The van der Waals surface area contributed by atoms with Crippen LogP contribution in [-0.2, 0) is 0 Å². The molecule has 0 fully saturated rings. The Labute approximate surface area is 127 Å². The summed E-state index contributed by atoms with van der Waals surface area (Å²) in [6, 6.07) is 13.0. The fourth-order valence-corrected chi connectivity index (χ4v) is 2.10. The molecule has 2 aromatic heterocycles. The molecular weight excluding hydrogens is 280 g/mol. The van der Waals surface area contributed by atoms with E-state index in [2.05, 4.69) is 15.6 Å². The summed E-state index contributed by atoms with van der Waals surface area (Å²) in [5.41, 5.74) is 2.23. The van der Waals surface area contributed by atoms with Crippen LogP contribution in [0, 0.1) is 0 Å². The van der Waals surface area contributed by atoms with Crippen LogP contribution >= 0.6 is 0 Å². The Bertz CT molecular complexity index is 774. The zero-order valence-corrected chi connectivity index (χ0v) is 12.4. The number of hydrogen-bond donors (Lipinski definition) is 1. The first-order valence-corrected chi connectivity index (χ1v) is 7.02. The van der Waals surface area contributed by atoms with Crippen molar-refractivity contribution in [1.29, 1.82) is 0 Å². The summed E-state index contributed by atoms with van der Waals surface area (Å²) < 4.78 is 6.64. The summed E-state index contributed by atoms with van der Waals surface area (Å²) in [6.45, 7) is 3.78. The van der Waals surface area contributed by atoms with Crippen LogP contribution in [-0.4, -0.2) is 27.0 Å². The van der Waals surface area contributed by atoms with E-state index in [9.17, 15) is 4.79 Å². The van der Waals surface area contributed by atoms with Crippen molar-refractivity contribution in [2.75, 3.05) is 0 Å². The van der Waals surface area contributed by atoms with Gasteiger partial charge in [0.1, 0.15) is 11.4 Å². The first kappa shape index (κ1) is 14.1. The van der Waals surface area contributed by atoms with E-state index < -0.39 is 0 Å². The molecule has 0 unspecified atom stereocenters. The van der Waals surface area contributed by atoms with E-state index in [1.165, 1.54) is 4.68 Å².